The number of rotatable bonds is 3. The molecule has 21 heavy (non-hydrogen) atoms. The second kappa shape index (κ2) is 4.88. The van der Waals surface area contributed by atoms with E-state index < -0.39 is 0 Å². The molecule has 1 saturated carbocycles. The summed E-state index contributed by atoms with van der Waals surface area (Å²) in [6.07, 6.45) is 5.63. The number of hydrogen-bond donors (Lipinski definition) is 0. The van der Waals surface area contributed by atoms with Crippen LogP contribution < -0.4 is 4.74 Å². The van der Waals surface area contributed by atoms with Crippen molar-refractivity contribution < 1.29 is 9.13 Å². The fourth-order valence-electron chi connectivity index (χ4n) is 2.66. The van der Waals surface area contributed by atoms with Gasteiger partial charge in [0.05, 0.1) is 17.4 Å². The van der Waals surface area contributed by atoms with Crippen LogP contribution in [0.15, 0.2) is 48.8 Å². The number of ether oxygens (including phenoxy) is 1. The Balaban J connectivity index is 1.67. The number of nitrogens with zero attached hydrogens (tertiary/aromatic N) is 2. The number of aromatic nitrogens is 2. The Kier molecular flexibility index (Phi) is 2.88. The van der Waals surface area contributed by atoms with Crippen molar-refractivity contribution in [3.05, 3.63) is 54.6 Å². The second-order valence-electron chi connectivity index (χ2n) is 5.44. The van der Waals surface area contributed by atoms with Crippen molar-refractivity contribution in [2.75, 3.05) is 0 Å². The van der Waals surface area contributed by atoms with Gasteiger partial charge in [-0.25, -0.2) is 9.37 Å². The largest absolute Gasteiger partial charge is 0.457 e. The van der Waals surface area contributed by atoms with E-state index in [1.807, 2.05) is 24.5 Å². The molecule has 1 aliphatic carbocycles. The van der Waals surface area contributed by atoms with E-state index in [1.54, 1.807) is 12.1 Å². The Morgan fingerprint density at radius 2 is 1.81 bits per heavy atom. The maximum absolute atomic E-state index is 12.9. The lowest BCUT2D eigenvalue weighted by Crippen LogP contribution is -2.15. The van der Waals surface area contributed by atoms with Gasteiger partial charge in [0.25, 0.3) is 0 Å². The minimum atomic E-state index is -0.263. The molecule has 0 N–H and O–H groups in total. The molecular formula is C17H15FN2O. The van der Waals surface area contributed by atoms with Crippen LogP contribution in [0.3, 0.4) is 0 Å². The lowest BCUT2D eigenvalue weighted by atomic mass is 9.93. The Labute approximate surface area is 122 Å². The summed E-state index contributed by atoms with van der Waals surface area (Å²) in [7, 11) is 0. The summed E-state index contributed by atoms with van der Waals surface area (Å²) in [4.78, 5) is 4.44. The van der Waals surface area contributed by atoms with Crippen LogP contribution in [0.2, 0.25) is 0 Å². The van der Waals surface area contributed by atoms with E-state index in [-0.39, 0.29) is 5.82 Å². The first-order valence-corrected chi connectivity index (χ1v) is 7.19. The van der Waals surface area contributed by atoms with Gasteiger partial charge in [-0.3, -0.25) is 0 Å². The van der Waals surface area contributed by atoms with Gasteiger partial charge >= 0.3 is 0 Å². The molecule has 1 aliphatic rings. The molecule has 4 rings (SSSR count). The van der Waals surface area contributed by atoms with Gasteiger partial charge in [-0.1, -0.05) is 0 Å². The average Bonchev–Trinajstić information content (AvgIpc) is 2.83. The molecule has 1 aromatic heterocycles. The standard InChI is InChI=1S/C17H15FN2O/c18-12-4-6-14(7-5-12)21-15-8-9-16-17(10-15)20(11-19-16)13-2-1-3-13/h4-11,13H,1-3H2. The highest BCUT2D eigenvalue weighted by Gasteiger charge is 2.21. The zero-order valence-corrected chi connectivity index (χ0v) is 11.5. The monoisotopic (exact) mass is 282 g/mol. The summed E-state index contributed by atoms with van der Waals surface area (Å²) in [5.41, 5.74) is 2.08. The highest BCUT2D eigenvalue weighted by Crippen LogP contribution is 2.35. The average molecular weight is 282 g/mol. The first-order chi connectivity index (χ1) is 10.3. The molecule has 0 atom stereocenters. The Hall–Kier alpha value is -2.36. The smallest absolute Gasteiger partial charge is 0.129 e. The van der Waals surface area contributed by atoms with E-state index in [4.69, 9.17) is 4.74 Å². The van der Waals surface area contributed by atoms with Crippen molar-refractivity contribution in [3.8, 4) is 11.5 Å². The van der Waals surface area contributed by atoms with Gasteiger partial charge in [0.1, 0.15) is 17.3 Å². The van der Waals surface area contributed by atoms with Gasteiger partial charge in [-0.15, -0.1) is 0 Å². The van der Waals surface area contributed by atoms with E-state index in [0.29, 0.717) is 11.8 Å². The topological polar surface area (TPSA) is 27.1 Å². The molecule has 1 heterocycles. The lowest BCUT2D eigenvalue weighted by molar-refractivity contribution is 0.320. The van der Waals surface area contributed by atoms with Crippen molar-refractivity contribution in [1.82, 2.24) is 9.55 Å². The van der Waals surface area contributed by atoms with E-state index in [9.17, 15) is 4.39 Å². The molecule has 0 saturated heterocycles. The number of fused-ring (bicyclic) bond motifs is 1. The quantitative estimate of drug-likeness (QED) is 0.696. The van der Waals surface area contributed by atoms with Crippen molar-refractivity contribution in [1.29, 1.82) is 0 Å². The fraction of sp³-hybridized carbons (Fsp3) is 0.235. The van der Waals surface area contributed by atoms with Crippen molar-refractivity contribution in [2.24, 2.45) is 0 Å². The Morgan fingerprint density at radius 1 is 1.05 bits per heavy atom. The molecule has 2 aromatic carbocycles. The molecule has 0 amide bonds. The molecule has 106 valence electrons. The molecule has 3 nitrogen and oxygen atoms in total. The van der Waals surface area contributed by atoms with E-state index in [1.165, 1.54) is 31.4 Å². The Morgan fingerprint density at radius 3 is 2.52 bits per heavy atom. The van der Waals surface area contributed by atoms with E-state index >= 15 is 0 Å². The molecular weight excluding hydrogens is 267 g/mol. The highest BCUT2D eigenvalue weighted by molar-refractivity contribution is 5.77. The second-order valence-corrected chi connectivity index (χ2v) is 5.44. The first-order valence-electron chi connectivity index (χ1n) is 7.19. The minimum Gasteiger partial charge on any atom is -0.457 e. The van der Waals surface area contributed by atoms with Gasteiger partial charge in [-0.05, 0) is 55.7 Å². The van der Waals surface area contributed by atoms with Gasteiger partial charge in [0.15, 0.2) is 0 Å². The van der Waals surface area contributed by atoms with Gasteiger partial charge in [-0.2, -0.15) is 0 Å². The summed E-state index contributed by atoms with van der Waals surface area (Å²) < 4.78 is 20.9. The molecule has 0 radical (unpaired) electrons. The maximum Gasteiger partial charge on any atom is 0.129 e. The van der Waals surface area contributed by atoms with Crippen LogP contribution in [-0.2, 0) is 0 Å². The van der Waals surface area contributed by atoms with Crippen molar-refractivity contribution in [3.63, 3.8) is 0 Å². The molecule has 3 aromatic rings. The summed E-state index contributed by atoms with van der Waals surface area (Å²) >= 11 is 0. The van der Waals surface area contributed by atoms with Gasteiger partial charge < -0.3 is 9.30 Å². The molecule has 4 heteroatoms. The summed E-state index contributed by atoms with van der Waals surface area (Å²) in [6, 6.07) is 12.5. The Bertz CT molecular complexity index is 775. The summed E-state index contributed by atoms with van der Waals surface area (Å²) in [5.74, 6) is 1.11. The van der Waals surface area contributed by atoms with Crippen LogP contribution in [0.4, 0.5) is 4.39 Å². The van der Waals surface area contributed by atoms with Crippen molar-refractivity contribution >= 4 is 11.0 Å². The fourth-order valence-corrected chi connectivity index (χ4v) is 2.66. The van der Waals surface area contributed by atoms with Crippen LogP contribution in [-0.4, -0.2) is 9.55 Å². The molecule has 0 bridgehead atoms. The van der Waals surface area contributed by atoms with E-state index in [2.05, 4.69) is 9.55 Å². The molecule has 0 unspecified atom stereocenters. The molecule has 1 fully saturated rings. The number of imidazole rings is 1. The lowest BCUT2D eigenvalue weighted by Gasteiger charge is -2.27. The van der Waals surface area contributed by atoms with Crippen LogP contribution in [0, 0.1) is 5.82 Å². The summed E-state index contributed by atoms with van der Waals surface area (Å²) in [5, 5.41) is 0. The van der Waals surface area contributed by atoms with Crippen LogP contribution in [0.1, 0.15) is 25.3 Å². The molecule has 0 spiro atoms. The van der Waals surface area contributed by atoms with Crippen LogP contribution in [0.25, 0.3) is 11.0 Å². The third-order valence-corrected chi connectivity index (χ3v) is 4.06. The third-order valence-electron chi connectivity index (χ3n) is 4.06. The van der Waals surface area contributed by atoms with Gasteiger partial charge in [0.2, 0.25) is 0 Å². The molecule has 0 aliphatic heterocycles. The zero-order valence-electron chi connectivity index (χ0n) is 11.5. The van der Waals surface area contributed by atoms with Gasteiger partial charge in [0, 0.05) is 12.1 Å². The van der Waals surface area contributed by atoms with Crippen LogP contribution >= 0.6 is 0 Å². The minimum absolute atomic E-state index is 0.263. The van der Waals surface area contributed by atoms with Crippen molar-refractivity contribution in [2.45, 2.75) is 25.3 Å². The zero-order chi connectivity index (χ0) is 14.2. The number of halogens is 1. The van der Waals surface area contributed by atoms with E-state index in [0.717, 1.165) is 16.8 Å². The highest BCUT2D eigenvalue weighted by atomic mass is 19.1. The predicted molar refractivity (Wildman–Crippen MR) is 79.1 cm³/mol. The summed E-state index contributed by atoms with van der Waals surface area (Å²) in [6.45, 7) is 0. The maximum atomic E-state index is 12.9. The SMILES string of the molecule is Fc1ccc(Oc2ccc3ncn(C4CCC4)c3c2)cc1. The number of hydrogen-bond acceptors (Lipinski definition) is 2. The third kappa shape index (κ3) is 2.27. The number of benzene rings is 2. The van der Waals surface area contributed by atoms with Crippen LogP contribution in [0.5, 0.6) is 11.5 Å². The normalized spacial score (nSPS) is 15.1. The first kappa shape index (κ1) is 12.4. The predicted octanol–water partition coefficient (Wildman–Crippen LogP) is 4.69.